The maximum atomic E-state index is 13.7. The maximum Gasteiger partial charge on any atom is 0.271 e. The molecule has 1 atom stereocenters. The fourth-order valence-corrected chi connectivity index (χ4v) is 6.95. The minimum absolute atomic E-state index is 0.0781. The van der Waals surface area contributed by atoms with Gasteiger partial charge < -0.3 is 4.74 Å². The number of carbonyl (C=O) groups excluding carboxylic acids is 1. The fraction of sp³-hybridized carbons (Fsp3) is 0.273. The van der Waals surface area contributed by atoms with E-state index in [0.717, 1.165) is 22.9 Å². The van der Waals surface area contributed by atoms with Gasteiger partial charge in [0.2, 0.25) is 0 Å². The van der Waals surface area contributed by atoms with Gasteiger partial charge in [-0.2, -0.15) is 0 Å². The zero-order valence-corrected chi connectivity index (χ0v) is 20.3. The van der Waals surface area contributed by atoms with Gasteiger partial charge >= 0.3 is 0 Å². The lowest BCUT2D eigenvalue weighted by molar-refractivity contribution is 0.0921. The second-order valence-electron chi connectivity index (χ2n) is 7.69. The topological polar surface area (TPSA) is 76.6 Å². The average Bonchev–Trinajstić information content (AvgIpc) is 3.49. The van der Waals surface area contributed by atoms with Crippen molar-refractivity contribution >= 4 is 75.5 Å². The first-order chi connectivity index (χ1) is 15.3. The van der Waals surface area contributed by atoms with E-state index in [1.165, 1.54) is 35.0 Å². The summed E-state index contributed by atoms with van der Waals surface area (Å²) in [4.78, 5) is 20.6. The number of halogens is 1. The number of thiophene rings is 1. The van der Waals surface area contributed by atoms with Crippen molar-refractivity contribution in [1.82, 2.24) is 4.98 Å². The van der Waals surface area contributed by atoms with Crippen LogP contribution in [0, 0.1) is 0 Å². The highest BCUT2D eigenvalue weighted by Gasteiger charge is 2.30. The van der Waals surface area contributed by atoms with Gasteiger partial charge in [-0.15, -0.1) is 11.3 Å². The highest BCUT2D eigenvalue weighted by atomic mass is 35.5. The molecule has 1 aliphatic rings. The first-order valence-corrected chi connectivity index (χ1v) is 13.9. The molecule has 0 saturated carbocycles. The zero-order valence-electron chi connectivity index (χ0n) is 17.1. The predicted octanol–water partition coefficient (Wildman–Crippen LogP) is 5.39. The number of hydrogen-bond donors (Lipinski definition) is 0. The van der Waals surface area contributed by atoms with Crippen LogP contribution < -0.4 is 4.90 Å². The molecule has 1 aliphatic heterocycles. The number of thiazole rings is 1. The van der Waals surface area contributed by atoms with Crippen LogP contribution in [0.1, 0.15) is 22.5 Å². The second kappa shape index (κ2) is 8.39. The molecular weight excluding hydrogens is 488 g/mol. The van der Waals surface area contributed by atoms with E-state index >= 15 is 0 Å². The number of sulfone groups is 1. The summed E-state index contributed by atoms with van der Waals surface area (Å²) in [7, 11) is -3.34. The molecule has 0 bridgehead atoms. The predicted molar refractivity (Wildman–Crippen MR) is 130 cm³/mol. The Kier molecular flexibility index (Phi) is 5.71. The molecule has 1 fully saturated rings. The Morgan fingerprint density at radius 3 is 2.75 bits per heavy atom. The molecule has 5 rings (SSSR count). The van der Waals surface area contributed by atoms with Gasteiger partial charge in [0.05, 0.1) is 32.8 Å². The van der Waals surface area contributed by atoms with Crippen molar-refractivity contribution in [3.8, 4) is 0 Å². The number of hydrogen-bond acceptors (Lipinski definition) is 7. The Morgan fingerprint density at radius 1 is 1.22 bits per heavy atom. The largest absolute Gasteiger partial charge is 0.376 e. The molecule has 0 aliphatic carbocycles. The third-order valence-electron chi connectivity index (χ3n) is 5.39. The maximum absolute atomic E-state index is 13.7. The number of aromatic nitrogens is 1. The normalized spacial score (nSPS) is 16.8. The van der Waals surface area contributed by atoms with Crippen molar-refractivity contribution < 1.29 is 17.9 Å². The number of fused-ring (bicyclic) bond motifs is 2. The second-order valence-corrected chi connectivity index (χ2v) is 12.1. The molecule has 2 aromatic heterocycles. The van der Waals surface area contributed by atoms with E-state index in [4.69, 9.17) is 16.3 Å². The standard InChI is InChI=1S/C22H19ClN2O4S3/c1-32(27,28)14-8-9-16-18(11-14)31-22(24-16)25(12-13-5-4-10-29-13)21(26)20-19(23)15-6-2-3-7-17(15)30-20/h2-3,6-9,11,13H,4-5,10,12H2,1H3. The van der Waals surface area contributed by atoms with Crippen LogP contribution in [0.25, 0.3) is 20.3 Å². The molecule has 0 spiro atoms. The first-order valence-electron chi connectivity index (χ1n) is 10.0. The highest BCUT2D eigenvalue weighted by molar-refractivity contribution is 7.90. The van der Waals surface area contributed by atoms with Crippen LogP contribution in [0.2, 0.25) is 5.02 Å². The average molecular weight is 507 g/mol. The van der Waals surface area contributed by atoms with Crippen LogP contribution in [0.5, 0.6) is 0 Å². The van der Waals surface area contributed by atoms with Crippen LogP contribution in [0.3, 0.4) is 0 Å². The third kappa shape index (κ3) is 4.04. The number of ether oxygens (including phenoxy) is 1. The molecule has 166 valence electrons. The molecule has 10 heteroatoms. The monoisotopic (exact) mass is 506 g/mol. The van der Waals surface area contributed by atoms with Crippen LogP contribution in [-0.2, 0) is 14.6 Å². The summed E-state index contributed by atoms with van der Waals surface area (Å²) >= 11 is 9.25. The summed E-state index contributed by atoms with van der Waals surface area (Å²) in [6, 6.07) is 12.5. The lowest BCUT2D eigenvalue weighted by atomic mass is 10.2. The number of amides is 1. The van der Waals surface area contributed by atoms with Gasteiger partial charge in [-0.1, -0.05) is 41.1 Å². The van der Waals surface area contributed by atoms with E-state index in [2.05, 4.69) is 4.98 Å². The van der Waals surface area contributed by atoms with Crippen LogP contribution >= 0.6 is 34.3 Å². The Bertz CT molecular complexity index is 1440. The van der Waals surface area contributed by atoms with Gasteiger partial charge in [0.1, 0.15) is 4.88 Å². The van der Waals surface area contributed by atoms with Crippen LogP contribution in [0.15, 0.2) is 47.4 Å². The summed E-state index contributed by atoms with van der Waals surface area (Å²) < 4.78 is 31.3. The minimum Gasteiger partial charge on any atom is -0.376 e. The third-order valence-corrected chi connectivity index (χ3v) is 9.21. The molecule has 4 aromatic rings. The fourth-order valence-electron chi connectivity index (χ4n) is 3.75. The van der Waals surface area contributed by atoms with Gasteiger partial charge in [0.25, 0.3) is 5.91 Å². The lowest BCUT2D eigenvalue weighted by Gasteiger charge is -2.22. The Labute approximate surface area is 198 Å². The molecule has 0 radical (unpaired) electrons. The van der Waals surface area contributed by atoms with E-state index in [1.807, 2.05) is 24.3 Å². The van der Waals surface area contributed by atoms with Crippen molar-refractivity contribution in [3.05, 3.63) is 52.4 Å². The van der Waals surface area contributed by atoms with Gasteiger partial charge in [-0.25, -0.2) is 13.4 Å². The van der Waals surface area contributed by atoms with Crippen LogP contribution in [0.4, 0.5) is 5.13 Å². The summed E-state index contributed by atoms with van der Waals surface area (Å²) in [5.41, 5.74) is 0.643. The number of nitrogens with zero attached hydrogens (tertiary/aromatic N) is 2. The smallest absolute Gasteiger partial charge is 0.271 e. The van der Waals surface area contributed by atoms with E-state index in [9.17, 15) is 13.2 Å². The van der Waals surface area contributed by atoms with Crippen molar-refractivity contribution in [2.45, 2.75) is 23.8 Å². The molecular formula is C22H19ClN2O4S3. The Morgan fingerprint density at radius 2 is 2.03 bits per heavy atom. The van der Waals surface area contributed by atoms with Crippen molar-refractivity contribution in [2.75, 3.05) is 24.3 Å². The summed E-state index contributed by atoms with van der Waals surface area (Å²) in [6.07, 6.45) is 2.92. The van der Waals surface area contributed by atoms with E-state index < -0.39 is 9.84 Å². The summed E-state index contributed by atoms with van der Waals surface area (Å²) in [6.45, 7) is 1.04. The van der Waals surface area contributed by atoms with E-state index in [0.29, 0.717) is 38.4 Å². The summed E-state index contributed by atoms with van der Waals surface area (Å²) in [5.74, 6) is -0.228. The summed E-state index contributed by atoms with van der Waals surface area (Å²) in [5, 5.41) is 1.79. The molecule has 1 saturated heterocycles. The van der Waals surface area contributed by atoms with Gasteiger partial charge in [0.15, 0.2) is 15.0 Å². The molecule has 0 N–H and O–H groups in total. The number of benzene rings is 2. The molecule has 3 heterocycles. The van der Waals surface area contributed by atoms with Crippen molar-refractivity contribution in [3.63, 3.8) is 0 Å². The van der Waals surface area contributed by atoms with Gasteiger partial charge in [-0.05, 0) is 37.1 Å². The van der Waals surface area contributed by atoms with Gasteiger partial charge in [0, 0.05) is 22.9 Å². The number of carbonyl (C=O) groups is 1. The molecule has 1 unspecified atom stereocenters. The van der Waals surface area contributed by atoms with Crippen molar-refractivity contribution in [2.24, 2.45) is 0 Å². The number of anilines is 1. The van der Waals surface area contributed by atoms with E-state index in [-0.39, 0.29) is 16.9 Å². The minimum atomic E-state index is -3.34. The number of rotatable bonds is 5. The zero-order chi connectivity index (χ0) is 22.5. The van der Waals surface area contributed by atoms with E-state index in [1.54, 1.807) is 17.0 Å². The quantitative estimate of drug-likeness (QED) is 0.362. The molecule has 32 heavy (non-hydrogen) atoms. The Hall–Kier alpha value is -2.04. The van der Waals surface area contributed by atoms with Crippen LogP contribution in [-0.4, -0.2) is 44.8 Å². The Balaban J connectivity index is 1.58. The van der Waals surface area contributed by atoms with Gasteiger partial charge in [-0.3, -0.25) is 9.69 Å². The molecule has 2 aromatic carbocycles. The molecule has 6 nitrogen and oxygen atoms in total. The first kappa shape index (κ1) is 21.8. The molecule has 1 amide bonds. The SMILES string of the molecule is CS(=O)(=O)c1ccc2nc(N(CC3CCCO3)C(=O)c3sc4ccccc4c3Cl)sc2c1. The highest BCUT2D eigenvalue weighted by Crippen LogP contribution is 2.38. The van der Waals surface area contributed by atoms with Crippen molar-refractivity contribution in [1.29, 1.82) is 0 Å². The lowest BCUT2D eigenvalue weighted by Crippen LogP contribution is -2.37.